The molecule has 0 aliphatic rings. The highest BCUT2D eigenvalue weighted by Crippen LogP contribution is 2.24. The van der Waals surface area contributed by atoms with Gasteiger partial charge in [-0.05, 0) is 36.7 Å². The van der Waals surface area contributed by atoms with E-state index < -0.39 is 0 Å². The van der Waals surface area contributed by atoms with Gasteiger partial charge in [-0.15, -0.1) is 0 Å². The Balaban J connectivity index is 2.47. The molecule has 1 aromatic rings. The lowest BCUT2D eigenvalue weighted by molar-refractivity contribution is 0.0222. The van der Waals surface area contributed by atoms with Crippen molar-refractivity contribution in [3.63, 3.8) is 0 Å². The molecule has 102 valence electrons. The molecule has 0 amide bonds. The van der Waals surface area contributed by atoms with Gasteiger partial charge in [0.2, 0.25) is 0 Å². The quantitative estimate of drug-likeness (QED) is 0.653. The van der Waals surface area contributed by atoms with Gasteiger partial charge < -0.3 is 4.74 Å². The third-order valence-corrected chi connectivity index (χ3v) is 3.55. The Morgan fingerprint density at radius 2 is 1.56 bits per heavy atom. The fraction of sp³-hybridized carbons (Fsp3) is 0.647. The third-order valence-electron chi connectivity index (χ3n) is 3.55. The maximum Gasteiger partial charge on any atom is 0.0796 e. The van der Waals surface area contributed by atoms with E-state index in [1.807, 2.05) is 6.07 Å². The van der Waals surface area contributed by atoms with Crippen molar-refractivity contribution in [2.75, 3.05) is 6.61 Å². The van der Waals surface area contributed by atoms with E-state index in [1.165, 1.54) is 12.0 Å². The van der Waals surface area contributed by atoms with E-state index in [4.69, 9.17) is 4.74 Å². The normalized spacial score (nSPS) is 15.1. The van der Waals surface area contributed by atoms with Crippen molar-refractivity contribution in [1.29, 1.82) is 0 Å². The second-order valence-corrected chi connectivity index (χ2v) is 6.02. The van der Waals surface area contributed by atoms with Crippen LogP contribution in [-0.2, 0) is 4.74 Å². The molecule has 0 spiro atoms. The van der Waals surface area contributed by atoms with Gasteiger partial charge in [0.15, 0.2) is 0 Å². The van der Waals surface area contributed by atoms with Gasteiger partial charge in [0.25, 0.3) is 0 Å². The fourth-order valence-corrected chi connectivity index (χ4v) is 2.23. The zero-order chi connectivity index (χ0) is 13.5. The topological polar surface area (TPSA) is 9.23 Å². The van der Waals surface area contributed by atoms with Crippen molar-refractivity contribution < 1.29 is 4.74 Å². The van der Waals surface area contributed by atoms with Crippen LogP contribution in [0.15, 0.2) is 30.3 Å². The van der Waals surface area contributed by atoms with E-state index in [2.05, 4.69) is 58.9 Å². The summed E-state index contributed by atoms with van der Waals surface area (Å²) in [5, 5.41) is 0. The Morgan fingerprint density at radius 1 is 0.944 bits per heavy atom. The van der Waals surface area contributed by atoms with Crippen LogP contribution in [0.2, 0.25) is 0 Å². The minimum atomic E-state index is 0.194. The van der Waals surface area contributed by atoms with Crippen LogP contribution in [0.25, 0.3) is 0 Å². The molecule has 0 aliphatic heterocycles. The molecular weight excluding hydrogens is 220 g/mol. The van der Waals surface area contributed by atoms with E-state index in [1.54, 1.807) is 0 Å². The number of hydrogen-bond acceptors (Lipinski definition) is 1. The lowest BCUT2D eigenvalue weighted by Gasteiger charge is -2.25. The molecule has 2 unspecified atom stereocenters. The van der Waals surface area contributed by atoms with Gasteiger partial charge in [0.1, 0.15) is 0 Å². The second-order valence-electron chi connectivity index (χ2n) is 6.02. The molecule has 1 nitrogen and oxygen atoms in total. The van der Waals surface area contributed by atoms with E-state index >= 15 is 0 Å². The minimum absolute atomic E-state index is 0.194. The van der Waals surface area contributed by atoms with Crippen molar-refractivity contribution in [2.24, 2.45) is 17.8 Å². The van der Waals surface area contributed by atoms with Gasteiger partial charge in [0, 0.05) is 0 Å². The minimum Gasteiger partial charge on any atom is -0.374 e. The monoisotopic (exact) mass is 248 g/mol. The molecule has 0 saturated carbocycles. The van der Waals surface area contributed by atoms with Gasteiger partial charge >= 0.3 is 0 Å². The first-order valence-corrected chi connectivity index (χ1v) is 7.17. The predicted octanol–water partition coefficient (Wildman–Crippen LogP) is 5.08. The number of ether oxygens (including phenoxy) is 1. The van der Waals surface area contributed by atoms with Crippen LogP contribution in [-0.4, -0.2) is 6.61 Å². The summed E-state index contributed by atoms with van der Waals surface area (Å²) >= 11 is 0. The van der Waals surface area contributed by atoms with Crippen LogP contribution in [0.5, 0.6) is 0 Å². The summed E-state index contributed by atoms with van der Waals surface area (Å²) in [5.74, 6) is 2.10. The molecule has 0 radical (unpaired) electrons. The molecule has 0 fully saturated rings. The zero-order valence-corrected chi connectivity index (χ0v) is 12.5. The molecule has 1 rings (SSSR count). The van der Waals surface area contributed by atoms with Crippen LogP contribution in [0.3, 0.4) is 0 Å². The molecule has 1 aromatic carbocycles. The van der Waals surface area contributed by atoms with E-state index in [9.17, 15) is 0 Å². The van der Waals surface area contributed by atoms with Crippen LogP contribution < -0.4 is 0 Å². The highest BCUT2D eigenvalue weighted by atomic mass is 16.5. The zero-order valence-electron chi connectivity index (χ0n) is 12.5. The fourth-order valence-electron chi connectivity index (χ4n) is 2.23. The second kappa shape index (κ2) is 7.58. The summed E-state index contributed by atoms with van der Waals surface area (Å²) in [7, 11) is 0. The average molecular weight is 248 g/mol. The largest absolute Gasteiger partial charge is 0.374 e. The summed E-state index contributed by atoms with van der Waals surface area (Å²) in [5.41, 5.74) is 1.27. The highest BCUT2D eigenvalue weighted by molar-refractivity contribution is 5.16. The lowest BCUT2D eigenvalue weighted by Crippen LogP contribution is -2.19. The van der Waals surface area contributed by atoms with Crippen LogP contribution in [0, 0.1) is 17.8 Å². The van der Waals surface area contributed by atoms with Crippen molar-refractivity contribution in [3.8, 4) is 0 Å². The van der Waals surface area contributed by atoms with Gasteiger partial charge in [-0.25, -0.2) is 0 Å². The smallest absolute Gasteiger partial charge is 0.0796 e. The average Bonchev–Trinajstić information content (AvgIpc) is 2.34. The van der Waals surface area contributed by atoms with Crippen LogP contribution in [0.4, 0.5) is 0 Å². The Hall–Kier alpha value is -0.820. The molecule has 0 aliphatic carbocycles. The number of benzene rings is 1. The Kier molecular flexibility index (Phi) is 6.42. The van der Waals surface area contributed by atoms with Gasteiger partial charge in [0.05, 0.1) is 12.7 Å². The molecule has 0 bridgehead atoms. The molecule has 18 heavy (non-hydrogen) atoms. The summed E-state index contributed by atoms with van der Waals surface area (Å²) in [6.07, 6.45) is 1.44. The third kappa shape index (κ3) is 5.22. The Bertz CT molecular complexity index is 316. The van der Waals surface area contributed by atoms with Crippen LogP contribution in [0.1, 0.15) is 52.7 Å². The summed E-state index contributed by atoms with van der Waals surface area (Å²) in [4.78, 5) is 0. The van der Waals surface area contributed by atoms with E-state index in [0.29, 0.717) is 11.8 Å². The molecule has 0 heterocycles. The molecule has 0 aromatic heterocycles. The number of hydrogen-bond donors (Lipinski definition) is 0. The summed E-state index contributed by atoms with van der Waals surface area (Å²) in [6, 6.07) is 10.5. The van der Waals surface area contributed by atoms with E-state index in [-0.39, 0.29) is 6.10 Å². The van der Waals surface area contributed by atoms with Crippen molar-refractivity contribution in [1.82, 2.24) is 0 Å². The predicted molar refractivity (Wildman–Crippen MR) is 78.6 cm³/mol. The maximum absolute atomic E-state index is 6.05. The van der Waals surface area contributed by atoms with Gasteiger partial charge in [-0.1, -0.05) is 58.0 Å². The molecule has 0 saturated heterocycles. The molecule has 1 heteroatoms. The first-order chi connectivity index (χ1) is 8.50. The Morgan fingerprint density at radius 3 is 2.06 bits per heavy atom. The standard InChI is InChI=1S/C17H28O/c1-13(2)11-17(14(3)4)12-18-15(5)16-9-7-6-8-10-16/h6-10,13-15,17H,11-12H2,1-5H3. The number of rotatable bonds is 7. The molecule has 0 N–H and O–H groups in total. The van der Waals surface area contributed by atoms with Crippen molar-refractivity contribution in [3.05, 3.63) is 35.9 Å². The maximum atomic E-state index is 6.05. The van der Waals surface area contributed by atoms with E-state index in [0.717, 1.165) is 12.5 Å². The SMILES string of the molecule is CC(C)CC(COC(C)c1ccccc1)C(C)C. The van der Waals surface area contributed by atoms with Gasteiger partial charge in [-0.3, -0.25) is 0 Å². The van der Waals surface area contributed by atoms with Crippen LogP contribution >= 0.6 is 0 Å². The van der Waals surface area contributed by atoms with Crippen molar-refractivity contribution in [2.45, 2.75) is 47.1 Å². The highest BCUT2D eigenvalue weighted by Gasteiger charge is 2.17. The van der Waals surface area contributed by atoms with Gasteiger partial charge in [-0.2, -0.15) is 0 Å². The first-order valence-electron chi connectivity index (χ1n) is 7.17. The van der Waals surface area contributed by atoms with Crippen molar-refractivity contribution >= 4 is 0 Å². The summed E-state index contributed by atoms with van der Waals surface area (Å²) < 4.78 is 6.05. The first kappa shape index (κ1) is 15.2. The summed E-state index contributed by atoms with van der Waals surface area (Å²) in [6.45, 7) is 12.2. The Labute approximate surface area is 113 Å². The lowest BCUT2D eigenvalue weighted by atomic mass is 9.88. The molecular formula is C17H28O. The molecule has 2 atom stereocenters.